The summed E-state index contributed by atoms with van der Waals surface area (Å²) >= 11 is 0. The lowest BCUT2D eigenvalue weighted by Crippen LogP contribution is -2.15. The topological polar surface area (TPSA) is 98.2 Å². The van der Waals surface area contributed by atoms with Crippen molar-refractivity contribution in [1.82, 2.24) is 24.5 Å². The predicted octanol–water partition coefficient (Wildman–Crippen LogP) is 5.03. The number of fused-ring (bicyclic) bond motifs is 1. The molecule has 5 rings (SSSR count). The van der Waals surface area contributed by atoms with E-state index in [1.54, 1.807) is 23.0 Å². The Balaban J connectivity index is 0.00000119. The summed E-state index contributed by atoms with van der Waals surface area (Å²) in [5.74, 6) is 0.497. The van der Waals surface area contributed by atoms with Crippen LogP contribution in [-0.4, -0.2) is 30.4 Å². The van der Waals surface area contributed by atoms with E-state index >= 15 is 0 Å². The number of benzene rings is 1. The lowest BCUT2D eigenvalue weighted by atomic mass is 10.1. The van der Waals surface area contributed by atoms with E-state index < -0.39 is 0 Å². The van der Waals surface area contributed by atoms with Gasteiger partial charge in [-0.3, -0.25) is 14.2 Å². The predicted molar refractivity (Wildman–Crippen MR) is 122 cm³/mol. The van der Waals surface area contributed by atoms with Crippen LogP contribution < -0.4 is 5.32 Å². The molecule has 1 amide bonds. The molecule has 0 radical (unpaired) electrons. The Morgan fingerprint density at radius 3 is 2.69 bits per heavy atom. The summed E-state index contributed by atoms with van der Waals surface area (Å²) in [6, 6.07) is 16.6. The summed E-state index contributed by atoms with van der Waals surface area (Å²) in [5, 5.41) is 6.95. The Bertz CT molecular complexity index is 1360. The summed E-state index contributed by atoms with van der Waals surface area (Å²) in [6.45, 7) is 5.92. The fourth-order valence-electron chi connectivity index (χ4n) is 3.12. The number of nitrogens with one attached hydrogen (secondary N) is 1. The molecule has 0 saturated heterocycles. The number of pyridine rings is 2. The maximum absolute atomic E-state index is 12.8. The standard InChI is InChI=1S/C22H16N6O2.C2H6/c1-14-8-9-15(22-26-20(27-30-22)16-6-2-4-10-23-16)12-17(14)25-21(29)18-13-24-19-7-3-5-11-28(18)19;1-2/h2-13H,1H3,(H,25,29);1-2H3. The van der Waals surface area contributed by atoms with Gasteiger partial charge < -0.3 is 9.84 Å². The van der Waals surface area contributed by atoms with E-state index in [0.717, 1.165) is 5.56 Å². The molecule has 1 aromatic carbocycles. The number of aryl methyl sites for hydroxylation is 1. The van der Waals surface area contributed by atoms with Gasteiger partial charge >= 0.3 is 0 Å². The van der Waals surface area contributed by atoms with Crippen molar-refractivity contribution in [3.63, 3.8) is 0 Å². The largest absolute Gasteiger partial charge is 0.334 e. The minimum atomic E-state index is -0.256. The molecular formula is C24H22N6O2. The number of amides is 1. The van der Waals surface area contributed by atoms with Gasteiger partial charge in [-0.15, -0.1) is 0 Å². The van der Waals surface area contributed by atoms with Crippen molar-refractivity contribution in [1.29, 1.82) is 0 Å². The molecule has 8 nitrogen and oxygen atoms in total. The summed E-state index contributed by atoms with van der Waals surface area (Å²) in [5.41, 5.74) is 4.04. The highest BCUT2D eigenvalue weighted by Gasteiger charge is 2.16. The number of aromatic nitrogens is 5. The van der Waals surface area contributed by atoms with E-state index in [1.807, 2.05) is 75.4 Å². The highest BCUT2D eigenvalue weighted by atomic mass is 16.5. The molecule has 1 N–H and O–H groups in total. The molecule has 0 aliphatic heterocycles. The minimum absolute atomic E-state index is 0.256. The van der Waals surface area contributed by atoms with Crippen molar-refractivity contribution in [2.75, 3.05) is 5.32 Å². The lowest BCUT2D eigenvalue weighted by Gasteiger charge is -2.09. The van der Waals surface area contributed by atoms with Crippen molar-refractivity contribution in [3.8, 4) is 23.0 Å². The number of rotatable bonds is 4. The summed E-state index contributed by atoms with van der Waals surface area (Å²) in [7, 11) is 0. The van der Waals surface area contributed by atoms with Gasteiger partial charge in [-0.25, -0.2) is 4.98 Å². The van der Waals surface area contributed by atoms with Gasteiger partial charge in [-0.2, -0.15) is 4.98 Å². The third-order valence-corrected chi connectivity index (χ3v) is 4.70. The molecule has 0 spiro atoms. The molecular weight excluding hydrogens is 404 g/mol. The monoisotopic (exact) mass is 426 g/mol. The number of nitrogens with zero attached hydrogens (tertiary/aromatic N) is 5. The first kappa shape index (κ1) is 20.9. The van der Waals surface area contributed by atoms with Crippen LogP contribution in [0.25, 0.3) is 28.6 Å². The van der Waals surface area contributed by atoms with Gasteiger partial charge in [0, 0.05) is 23.6 Å². The zero-order valence-corrected chi connectivity index (χ0v) is 18.0. The van der Waals surface area contributed by atoms with Gasteiger partial charge in [0.15, 0.2) is 0 Å². The summed E-state index contributed by atoms with van der Waals surface area (Å²) in [6.07, 6.45) is 5.03. The first-order chi connectivity index (χ1) is 15.7. The Kier molecular flexibility index (Phi) is 6.03. The van der Waals surface area contributed by atoms with Gasteiger partial charge in [0.1, 0.15) is 17.0 Å². The number of hydrogen-bond acceptors (Lipinski definition) is 6. The summed E-state index contributed by atoms with van der Waals surface area (Å²) in [4.78, 5) is 25.8. The molecule has 0 aliphatic carbocycles. The maximum Gasteiger partial charge on any atom is 0.274 e. The average molecular weight is 426 g/mol. The van der Waals surface area contributed by atoms with Crippen molar-refractivity contribution in [2.24, 2.45) is 0 Å². The van der Waals surface area contributed by atoms with Gasteiger partial charge in [0.2, 0.25) is 5.82 Å². The van der Waals surface area contributed by atoms with Crippen LogP contribution >= 0.6 is 0 Å². The third kappa shape index (κ3) is 4.11. The van der Waals surface area contributed by atoms with Crippen molar-refractivity contribution < 1.29 is 9.32 Å². The molecule has 0 atom stereocenters. The minimum Gasteiger partial charge on any atom is -0.334 e. The van der Waals surface area contributed by atoms with Gasteiger partial charge in [0.05, 0.1) is 6.20 Å². The molecule has 0 fully saturated rings. The van der Waals surface area contributed by atoms with Crippen LogP contribution in [0, 0.1) is 6.92 Å². The Labute approximate surface area is 185 Å². The van der Waals surface area contributed by atoms with Crippen LogP contribution in [0.4, 0.5) is 5.69 Å². The van der Waals surface area contributed by atoms with Gasteiger partial charge in [0.25, 0.3) is 11.8 Å². The lowest BCUT2D eigenvalue weighted by molar-refractivity contribution is 0.102. The molecule has 8 heteroatoms. The number of carbonyl (C=O) groups is 1. The summed E-state index contributed by atoms with van der Waals surface area (Å²) < 4.78 is 7.15. The van der Waals surface area contributed by atoms with E-state index in [4.69, 9.17) is 4.52 Å². The fraction of sp³-hybridized carbons (Fsp3) is 0.125. The van der Waals surface area contributed by atoms with E-state index in [9.17, 15) is 4.79 Å². The number of hydrogen-bond donors (Lipinski definition) is 1. The van der Waals surface area contributed by atoms with Crippen LogP contribution in [0.15, 0.2) is 77.7 Å². The Hall–Kier alpha value is -4.33. The molecule has 0 aliphatic rings. The molecule has 0 saturated carbocycles. The number of anilines is 1. The van der Waals surface area contributed by atoms with E-state index in [1.165, 1.54) is 0 Å². The first-order valence-corrected chi connectivity index (χ1v) is 10.3. The van der Waals surface area contributed by atoms with Crippen molar-refractivity contribution >= 4 is 17.2 Å². The average Bonchev–Trinajstić information content (AvgIpc) is 3.50. The SMILES string of the molecule is CC.Cc1ccc(-c2nc(-c3ccccn3)no2)cc1NC(=O)c1cnc2ccccn12. The van der Waals surface area contributed by atoms with Crippen molar-refractivity contribution in [2.45, 2.75) is 20.8 Å². The van der Waals surface area contributed by atoms with E-state index in [-0.39, 0.29) is 5.91 Å². The third-order valence-electron chi connectivity index (χ3n) is 4.70. The maximum atomic E-state index is 12.8. The Morgan fingerprint density at radius 2 is 1.88 bits per heavy atom. The Morgan fingerprint density at radius 1 is 1.03 bits per heavy atom. The first-order valence-electron chi connectivity index (χ1n) is 10.3. The van der Waals surface area contributed by atoms with Crippen LogP contribution in [0.3, 0.4) is 0 Å². The van der Waals surface area contributed by atoms with Crippen LogP contribution in [0.1, 0.15) is 29.9 Å². The highest BCUT2D eigenvalue weighted by Crippen LogP contribution is 2.26. The quantitative estimate of drug-likeness (QED) is 0.433. The molecule has 5 aromatic rings. The number of imidazole rings is 1. The van der Waals surface area contributed by atoms with Crippen molar-refractivity contribution in [3.05, 3.63) is 84.4 Å². The van der Waals surface area contributed by atoms with Crippen LogP contribution in [-0.2, 0) is 0 Å². The molecule has 32 heavy (non-hydrogen) atoms. The van der Waals surface area contributed by atoms with Crippen LogP contribution in [0.2, 0.25) is 0 Å². The second kappa shape index (κ2) is 9.22. The van der Waals surface area contributed by atoms with E-state index in [2.05, 4.69) is 25.4 Å². The zero-order valence-electron chi connectivity index (χ0n) is 18.0. The molecule has 4 aromatic heterocycles. The smallest absolute Gasteiger partial charge is 0.274 e. The normalized spacial score (nSPS) is 10.5. The van der Waals surface area contributed by atoms with Gasteiger partial charge in [-0.1, -0.05) is 37.2 Å². The van der Waals surface area contributed by atoms with E-state index in [0.29, 0.717) is 40.0 Å². The van der Waals surface area contributed by atoms with Crippen LogP contribution in [0.5, 0.6) is 0 Å². The molecule has 4 heterocycles. The zero-order chi connectivity index (χ0) is 22.5. The molecule has 0 bridgehead atoms. The second-order valence-electron chi connectivity index (χ2n) is 6.69. The fourth-order valence-corrected chi connectivity index (χ4v) is 3.12. The molecule has 160 valence electrons. The van der Waals surface area contributed by atoms with Gasteiger partial charge in [-0.05, 0) is 48.9 Å². The second-order valence-corrected chi connectivity index (χ2v) is 6.69. The number of carbonyl (C=O) groups excluding carboxylic acids is 1. The highest BCUT2D eigenvalue weighted by molar-refractivity contribution is 6.04. The molecule has 0 unspecified atom stereocenters.